The molecule has 2 rings (SSSR count). The Bertz CT molecular complexity index is 605. The van der Waals surface area contributed by atoms with Crippen molar-refractivity contribution in [2.24, 2.45) is 0 Å². The highest BCUT2D eigenvalue weighted by atomic mass is 35.5. The number of hydrogen-bond donors (Lipinski definition) is 0. The molecule has 1 aromatic heterocycles. The lowest BCUT2D eigenvalue weighted by atomic mass is 10.1. The van der Waals surface area contributed by atoms with E-state index in [1.807, 2.05) is 0 Å². The van der Waals surface area contributed by atoms with Gasteiger partial charge in [-0.2, -0.15) is 13.2 Å². The molecule has 0 unspecified atom stereocenters. The van der Waals surface area contributed by atoms with Crippen LogP contribution >= 0.6 is 11.6 Å². The van der Waals surface area contributed by atoms with Crippen molar-refractivity contribution < 1.29 is 17.6 Å². The van der Waals surface area contributed by atoms with Crippen LogP contribution in [0.1, 0.15) is 11.4 Å². The SMILES string of the molecule is Cc1nc(Cl)cc(-c2ccc(F)c(C(F)(F)F)c2)n1. The van der Waals surface area contributed by atoms with Gasteiger partial charge in [0.15, 0.2) is 0 Å². The first-order valence-electron chi connectivity index (χ1n) is 5.15. The first kappa shape index (κ1) is 13.7. The summed E-state index contributed by atoms with van der Waals surface area (Å²) < 4.78 is 51.0. The predicted molar refractivity (Wildman–Crippen MR) is 62.2 cm³/mol. The van der Waals surface area contributed by atoms with Crippen molar-refractivity contribution in [1.82, 2.24) is 9.97 Å². The fourth-order valence-electron chi connectivity index (χ4n) is 1.58. The molecule has 0 radical (unpaired) electrons. The smallest absolute Gasteiger partial charge is 0.233 e. The summed E-state index contributed by atoms with van der Waals surface area (Å²) in [4.78, 5) is 7.78. The molecule has 0 atom stereocenters. The topological polar surface area (TPSA) is 25.8 Å². The Balaban J connectivity index is 2.58. The zero-order chi connectivity index (χ0) is 14.2. The molecule has 0 aliphatic carbocycles. The maximum Gasteiger partial charge on any atom is 0.419 e. The van der Waals surface area contributed by atoms with Gasteiger partial charge in [-0.3, -0.25) is 0 Å². The molecule has 100 valence electrons. The fraction of sp³-hybridized carbons (Fsp3) is 0.167. The maximum atomic E-state index is 13.2. The second-order valence-corrected chi connectivity index (χ2v) is 4.20. The summed E-state index contributed by atoms with van der Waals surface area (Å²) in [5.74, 6) is -1.01. The Morgan fingerprint density at radius 1 is 1.11 bits per heavy atom. The van der Waals surface area contributed by atoms with E-state index in [-0.39, 0.29) is 16.4 Å². The average Bonchev–Trinajstić information content (AvgIpc) is 2.26. The lowest BCUT2D eigenvalue weighted by Crippen LogP contribution is -2.08. The van der Waals surface area contributed by atoms with Gasteiger partial charge in [-0.05, 0) is 25.1 Å². The third-order valence-corrected chi connectivity index (χ3v) is 2.57. The molecule has 0 spiro atoms. The van der Waals surface area contributed by atoms with E-state index in [1.54, 1.807) is 6.92 Å². The number of benzene rings is 1. The van der Waals surface area contributed by atoms with Gasteiger partial charge >= 0.3 is 6.18 Å². The van der Waals surface area contributed by atoms with E-state index < -0.39 is 17.6 Å². The van der Waals surface area contributed by atoms with Crippen molar-refractivity contribution in [3.05, 3.63) is 46.6 Å². The van der Waals surface area contributed by atoms with Crippen LogP contribution in [0.2, 0.25) is 5.15 Å². The van der Waals surface area contributed by atoms with E-state index in [4.69, 9.17) is 11.6 Å². The molecule has 1 aromatic carbocycles. The van der Waals surface area contributed by atoms with Gasteiger partial charge in [0, 0.05) is 11.6 Å². The summed E-state index contributed by atoms with van der Waals surface area (Å²) in [5.41, 5.74) is -0.999. The van der Waals surface area contributed by atoms with E-state index in [9.17, 15) is 17.6 Å². The Morgan fingerprint density at radius 2 is 1.79 bits per heavy atom. The van der Waals surface area contributed by atoms with Crippen LogP contribution in [0.25, 0.3) is 11.3 Å². The second kappa shape index (κ2) is 4.77. The van der Waals surface area contributed by atoms with E-state index in [2.05, 4.69) is 9.97 Å². The normalized spacial score (nSPS) is 11.7. The first-order chi connectivity index (χ1) is 8.77. The van der Waals surface area contributed by atoms with Crippen molar-refractivity contribution in [3.63, 3.8) is 0 Å². The maximum absolute atomic E-state index is 13.2. The molecule has 1 heterocycles. The van der Waals surface area contributed by atoms with Gasteiger partial charge < -0.3 is 0 Å². The van der Waals surface area contributed by atoms with Crippen LogP contribution in [0.3, 0.4) is 0 Å². The highest BCUT2D eigenvalue weighted by Crippen LogP contribution is 2.34. The first-order valence-corrected chi connectivity index (χ1v) is 5.53. The molecule has 0 saturated carbocycles. The van der Waals surface area contributed by atoms with Crippen LogP contribution in [-0.4, -0.2) is 9.97 Å². The van der Waals surface area contributed by atoms with Crippen LogP contribution in [0.15, 0.2) is 24.3 Å². The number of alkyl halides is 3. The van der Waals surface area contributed by atoms with Gasteiger partial charge in [-0.15, -0.1) is 0 Å². The number of halogens is 5. The van der Waals surface area contributed by atoms with E-state index in [0.29, 0.717) is 11.9 Å². The van der Waals surface area contributed by atoms with Crippen molar-refractivity contribution in [3.8, 4) is 11.3 Å². The summed E-state index contributed by atoms with van der Waals surface area (Å²) in [7, 11) is 0. The number of nitrogens with zero attached hydrogens (tertiary/aromatic N) is 2. The zero-order valence-corrected chi connectivity index (χ0v) is 10.3. The number of rotatable bonds is 1. The van der Waals surface area contributed by atoms with Gasteiger partial charge in [0.1, 0.15) is 16.8 Å². The molecule has 0 saturated heterocycles. The average molecular weight is 291 g/mol. The summed E-state index contributed by atoms with van der Waals surface area (Å²) in [6.07, 6.45) is -4.76. The quantitative estimate of drug-likeness (QED) is 0.579. The van der Waals surface area contributed by atoms with E-state index in [1.165, 1.54) is 12.1 Å². The predicted octanol–water partition coefficient (Wildman–Crippen LogP) is 4.26. The van der Waals surface area contributed by atoms with Crippen LogP contribution in [0.5, 0.6) is 0 Å². The van der Waals surface area contributed by atoms with Gasteiger partial charge in [-0.1, -0.05) is 11.6 Å². The summed E-state index contributed by atoms with van der Waals surface area (Å²) >= 11 is 5.71. The summed E-state index contributed by atoms with van der Waals surface area (Å²) in [6, 6.07) is 3.99. The van der Waals surface area contributed by atoms with Crippen LogP contribution < -0.4 is 0 Å². The minimum absolute atomic E-state index is 0.111. The minimum Gasteiger partial charge on any atom is -0.233 e. The molecular weight excluding hydrogens is 284 g/mol. The summed E-state index contributed by atoms with van der Waals surface area (Å²) in [5, 5.41) is 0.111. The monoisotopic (exact) mass is 290 g/mol. The van der Waals surface area contributed by atoms with Crippen LogP contribution in [-0.2, 0) is 6.18 Å². The molecule has 0 aliphatic rings. The third-order valence-electron chi connectivity index (χ3n) is 2.37. The second-order valence-electron chi connectivity index (χ2n) is 3.82. The van der Waals surface area contributed by atoms with E-state index in [0.717, 1.165) is 6.07 Å². The molecule has 0 amide bonds. The Morgan fingerprint density at radius 3 is 2.37 bits per heavy atom. The van der Waals surface area contributed by atoms with Gasteiger partial charge in [-0.25, -0.2) is 14.4 Å². The molecule has 2 aromatic rings. The molecule has 7 heteroatoms. The van der Waals surface area contributed by atoms with Crippen molar-refractivity contribution in [2.75, 3.05) is 0 Å². The van der Waals surface area contributed by atoms with Crippen LogP contribution in [0, 0.1) is 12.7 Å². The molecule has 19 heavy (non-hydrogen) atoms. The van der Waals surface area contributed by atoms with Crippen molar-refractivity contribution >= 4 is 11.6 Å². The minimum atomic E-state index is -4.76. The van der Waals surface area contributed by atoms with Gasteiger partial charge in [0.25, 0.3) is 0 Å². The fourth-order valence-corrected chi connectivity index (χ4v) is 1.81. The lowest BCUT2D eigenvalue weighted by molar-refractivity contribution is -0.139. The third kappa shape index (κ3) is 3.01. The zero-order valence-electron chi connectivity index (χ0n) is 9.59. The number of aromatic nitrogens is 2. The standard InChI is InChI=1S/C12H7ClF4N2/c1-6-18-10(5-11(13)19-6)7-2-3-9(14)8(4-7)12(15,16)17/h2-5H,1H3. The Kier molecular flexibility index (Phi) is 3.45. The molecular formula is C12H7ClF4N2. The molecule has 0 aliphatic heterocycles. The molecule has 0 fully saturated rings. The lowest BCUT2D eigenvalue weighted by Gasteiger charge is -2.10. The Hall–Kier alpha value is -1.69. The molecule has 0 bridgehead atoms. The van der Waals surface area contributed by atoms with Crippen molar-refractivity contribution in [1.29, 1.82) is 0 Å². The molecule has 0 N–H and O–H groups in total. The van der Waals surface area contributed by atoms with Crippen LogP contribution in [0.4, 0.5) is 17.6 Å². The van der Waals surface area contributed by atoms with Gasteiger partial charge in [0.05, 0.1) is 11.3 Å². The highest BCUT2D eigenvalue weighted by Gasteiger charge is 2.34. The number of hydrogen-bond acceptors (Lipinski definition) is 2. The largest absolute Gasteiger partial charge is 0.419 e. The highest BCUT2D eigenvalue weighted by molar-refractivity contribution is 6.29. The Labute approximate surface area is 111 Å². The molecule has 2 nitrogen and oxygen atoms in total. The van der Waals surface area contributed by atoms with Crippen molar-refractivity contribution in [2.45, 2.75) is 13.1 Å². The van der Waals surface area contributed by atoms with E-state index >= 15 is 0 Å². The summed E-state index contributed by atoms with van der Waals surface area (Å²) in [6.45, 7) is 1.56. The van der Waals surface area contributed by atoms with Gasteiger partial charge in [0.2, 0.25) is 0 Å². The number of aryl methyl sites for hydroxylation is 1.